The molecule has 0 spiro atoms. The molecule has 0 aliphatic rings. The summed E-state index contributed by atoms with van der Waals surface area (Å²) in [6, 6.07) is 32.2. The predicted molar refractivity (Wildman–Crippen MR) is 141 cm³/mol. The number of methoxy groups -OCH3 is 1. The average molecular weight is 461 g/mol. The minimum absolute atomic E-state index is 0.0839. The molecule has 3 rings (SSSR count). The van der Waals surface area contributed by atoms with Crippen LogP contribution in [0.3, 0.4) is 0 Å². The molecule has 0 fully saturated rings. The number of hydrogen-bond donors (Lipinski definition) is 0. The lowest BCUT2D eigenvalue weighted by Crippen LogP contribution is -2.56. The topological polar surface area (TPSA) is 26.3 Å². The zero-order chi connectivity index (χ0) is 23.4. The second kappa shape index (κ2) is 10.0. The maximum absolute atomic E-state index is 13.5. The van der Waals surface area contributed by atoms with Crippen LogP contribution in [-0.4, -0.2) is 29.2 Å². The SMILES string of the molecule is COC(=O)[C@H]([C@H](C)[Si](C)(C)c1ccccc1)[C@H](c1ccccc1)[Si](C)(C)c1ccccc1. The lowest BCUT2D eigenvalue weighted by Gasteiger charge is -2.44. The van der Waals surface area contributed by atoms with Crippen LogP contribution in [0, 0.1) is 5.92 Å². The van der Waals surface area contributed by atoms with Crippen molar-refractivity contribution in [3.05, 3.63) is 96.6 Å². The molecule has 3 aromatic rings. The Balaban J connectivity index is 2.19. The lowest BCUT2D eigenvalue weighted by atomic mass is 9.95. The molecule has 0 saturated heterocycles. The quantitative estimate of drug-likeness (QED) is 0.317. The molecule has 0 unspecified atom stereocenters. The first-order chi connectivity index (χ1) is 15.2. The number of esters is 1. The Morgan fingerprint density at radius 1 is 0.688 bits per heavy atom. The molecule has 0 aliphatic carbocycles. The number of hydrogen-bond acceptors (Lipinski definition) is 2. The van der Waals surface area contributed by atoms with Gasteiger partial charge in [-0.1, -0.05) is 134 Å². The molecule has 4 heteroatoms. The molecule has 3 aromatic carbocycles. The molecule has 32 heavy (non-hydrogen) atoms. The van der Waals surface area contributed by atoms with Crippen molar-refractivity contribution in [1.29, 1.82) is 0 Å². The molecule has 3 atom stereocenters. The Morgan fingerprint density at radius 3 is 1.53 bits per heavy atom. The number of carbonyl (C=O) groups is 1. The summed E-state index contributed by atoms with van der Waals surface area (Å²) in [6.45, 7) is 11.9. The highest BCUT2D eigenvalue weighted by molar-refractivity contribution is 6.92. The van der Waals surface area contributed by atoms with Gasteiger partial charge in [0.1, 0.15) is 0 Å². The molecule has 0 radical (unpaired) electrons. The number of carbonyl (C=O) groups excluding carboxylic acids is 1. The normalized spacial score (nSPS) is 14.9. The largest absolute Gasteiger partial charge is 0.469 e. The minimum atomic E-state index is -2.11. The highest BCUT2D eigenvalue weighted by Gasteiger charge is 2.49. The van der Waals surface area contributed by atoms with Crippen LogP contribution in [0.5, 0.6) is 0 Å². The maximum Gasteiger partial charge on any atom is 0.308 e. The van der Waals surface area contributed by atoms with Crippen LogP contribution in [0.15, 0.2) is 91.0 Å². The first-order valence-electron chi connectivity index (χ1n) is 11.4. The molecule has 2 nitrogen and oxygen atoms in total. The van der Waals surface area contributed by atoms with Crippen LogP contribution in [0.25, 0.3) is 0 Å². The standard InChI is InChI=1S/C28H36O2Si2/c1-22(31(3,4)24-18-12-8-13-19-24)26(28(29)30-2)27(23-16-10-7-11-17-23)32(5,6)25-20-14-9-15-21-25/h7-22,26-27H,1-6H3/t22-,26+,27-/m0/s1. The molecule has 0 aliphatic heterocycles. The van der Waals surface area contributed by atoms with Crippen LogP contribution in [0.4, 0.5) is 0 Å². The zero-order valence-electron chi connectivity index (χ0n) is 20.2. The smallest absolute Gasteiger partial charge is 0.308 e. The molecular formula is C28H36O2Si2. The van der Waals surface area contributed by atoms with Gasteiger partial charge in [-0.15, -0.1) is 0 Å². The van der Waals surface area contributed by atoms with E-state index in [1.54, 1.807) is 0 Å². The summed E-state index contributed by atoms with van der Waals surface area (Å²) < 4.78 is 5.50. The Morgan fingerprint density at radius 2 is 1.09 bits per heavy atom. The third-order valence-corrected chi connectivity index (χ3v) is 16.0. The third kappa shape index (κ3) is 4.81. The van der Waals surface area contributed by atoms with Crippen molar-refractivity contribution in [2.75, 3.05) is 7.11 Å². The van der Waals surface area contributed by atoms with Crippen molar-refractivity contribution in [2.24, 2.45) is 5.92 Å². The molecular weight excluding hydrogens is 424 g/mol. The van der Waals surface area contributed by atoms with Gasteiger partial charge < -0.3 is 4.74 Å². The van der Waals surface area contributed by atoms with Crippen molar-refractivity contribution in [3.8, 4) is 0 Å². The number of rotatable bonds is 8. The van der Waals surface area contributed by atoms with Crippen LogP contribution < -0.4 is 10.4 Å². The van der Waals surface area contributed by atoms with Gasteiger partial charge in [0.2, 0.25) is 0 Å². The van der Waals surface area contributed by atoms with E-state index in [1.807, 2.05) is 0 Å². The predicted octanol–water partition coefficient (Wildman–Crippen LogP) is 5.72. The third-order valence-electron chi connectivity index (χ3n) is 7.48. The first-order valence-corrected chi connectivity index (χ1v) is 17.6. The van der Waals surface area contributed by atoms with Crippen LogP contribution >= 0.6 is 0 Å². The van der Waals surface area contributed by atoms with Gasteiger partial charge in [-0.25, -0.2) is 0 Å². The van der Waals surface area contributed by atoms with Gasteiger partial charge >= 0.3 is 5.97 Å². The van der Waals surface area contributed by atoms with Crippen LogP contribution in [0.1, 0.15) is 18.0 Å². The van der Waals surface area contributed by atoms with E-state index >= 15 is 0 Å². The summed E-state index contributed by atoms with van der Waals surface area (Å²) in [5.41, 5.74) is 1.57. The fraction of sp³-hybridized carbons (Fsp3) is 0.321. The Bertz CT molecular complexity index is 1000. The highest BCUT2D eigenvalue weighted by Crippen LogP contribution is 2.44. The summed E-state index contributed by atoms with van der Waals surface area (Å²) >= 11 is 0. The van der Waals surface area contributed by atoms with Crippen molar-refractivity contribution in [3.63, 3.8) is 0 Å². The van der Waals surface area contributed by atoms with Crippen LogP contribution in [0.2, 0.25) is 31.7 Å². The van der Waals surface area contributed by atoms with Crippen molar-refractivity contribution >= 4 is 32.5 Å². The van der Waals surface area contributed by atoms with E-state index in [1.165, 1.54) is 23.0 Å². The van der Waals surface area contributed by atoms with Crippen LogP contribution in [-0.2, 0) is 9.53 Å². The van der Waals surface area contributed by atoms with Gasteiger partial charge in [0.15, 0.2) is 0 Å². The minimum Gasteiger partial charge on any atom is -0.469 e. The fourth-order valence-corrected chi connectivity index (χ4v) is 11.9. The van der Waals surface area contributed by atoms with Crippen molar-refractivity contribution < 1.29 is 9.53 Å². The van der Waals surface area contributed by atoms with E-state index in [-0.39, 0.29) is 23.0 Å². The van der Waals surface area contributed by atoms with Gasteiger partial charge in [-0.2, -0.15) is 0 Å². The monoisotopic (exact) mass is 460 g/mol. The average Bonchev–Trinajstić information content (AvgIpc) is 2.83. The summed E-state index contributed by atoms with van der Waals surface area (Å²) in [4.78, 5) is 13.5. The summed E-state index contributed by atoms with van der Waals surface area (Å²) in [6.07, 6.45) is 0. The van der Waals surface area contributed by atoms with Gasteiger partial charge in [-0.3, -0.25) is 4.79 Å². The van der Waals surface area contributed by atoms with E-state index in [0.29, 0.717) is 0 Å². The summed E-state index contributed by atoms with van der Waals surface area (Å²) in [7, 11) is -2.55. The summed E-state index contributed by atoms with van der Waals surface area (Å²) in [5, 5.41) is 2.75. The second-order valence-corrected chi connectivity index (χ2v) is 19.5. The van der Waals surface area contributed by atoms with Gasteiger partial charge in [0.25, 0.3) is 0 Å². The molecule has 168 valence electrons. The number of ether oxygens (including phenoxy) is 1. The Hall–Kier alpha value is -2.44. The van der Waals surface area contributed by atoms with E-state index in [4.69, 9.17) is 4.74 Å². The molecule has 0 bridgehead atoms. The van der Waals surface area contributed by atoms with Crippen molar-refractivity contribution in [1.82, 2.24) is 0 Å². The second-order valence-electron chi connectivity index (χ2n) is 9.90. The van der Waals surface area contributed by atoms with E-state index in [2.05, 4.69) is 124 Å². The first kappa shape index (κ1) is 24.2. The van der Waals surface area contributed by atoms with Gasteiger partial charge in [0.05, 0.1) is 29.2 Å². The molecule has 0 saturated carbocycles. The lowest BCUT2D eigenvalue weighted by molar-refractivity contribution is -0.145. The highest BCUT2D eigenvalue weighted by atomic mass is 28.3. The maximum atomic E-state index is 13.5. The fourth-order valence-electron chi connectivity index (χ4n) is 5.13. The molecule has 0 heterocycles. The van der Waals surface area contributed by atoms with E-state index < -0.39 is 16.1 Å². The van der Waals surface area contributed by atoms with E-state index in [0.717, 1.165) is 0 Å². The van der Waals surface area contributed by atoms with E-state index in [9.17, 15) is 4.79 Å². The zero-order valence-corrected chi connectivity index (χ0v) is 22.2. The molecule has 0 N–H and O–H groups in total. The number of benzene rings is 3. The summed E-state index contributed by atoms with van der Waals surface area (Å²) in [5.74, 6) is -0.287. The van der Waals surface area contributed by atoms with Gasteiger partial charge in [-0.05, 0) is 16.6 Å². The van der Waals surface area contributed by atoms with Crippen molar-refractivity contribution in [2.45, 2.75) is 44.2 Å². The Kier molecular flexibility index (Phi) is 7.57. The molecule has 0 amide bonds. The Labute approximate surface area is 195 Å². The molecule has 0 aromatic heterocycles. The van der Waals surface area contributed by atoms with Gasteiger partial charge in [0, 0.05) is 0 Å².